The summed E-state index contributed by atoms with van der Waals surface area (Å²) in [5.41, 5.74) is 9.17. The van der Waals surface area contributed by atoms with Crippen LogP contribution in [0, 0.1) is 12.7 Å². The molecule has 0 aliphatic heterocycles. The summed E-state index contributed by atoms with van der Waals surface area (Å²) < 4.78 is 13.0. The molecule has 3 rings (SSSR count). The standard InChI is InChI=1S/C17H14FN3O/c1-10-2-7-16(22)13(8-10)15-9-14(20-17(19)21-15)11-3-5-12(18)6-4-11/h2-9,22H,1H3,(H2,19,20,21). The van der Waals surface area contributed by atoms with Crippen LogP contribution in [0.25, 0.3) is 22.5 Å². The van der Waals surface area contributed by atoms with Gasteiger partial charge in [-0.25, -0.2) is 14.4 Å². The Bertz CT molecular complexity index is 832. The number of phenols is 1. The van der Waals surface area contributed by atoms with E-state index < -0.39 is 0 Å². The molecule has 3 N–H and O–H groups in total. The minimum Gasteiger partial charge on any atom is -0.507 e. The van der Waals surface area contributed by atoms with E-state index in [1.54, 1.807) is 24.3 Å². The zero-order valence-corrected chi connectivity index (χ0v) is 11.9. The minimum absolute atomic E-state index is 0.0951. The van der Waals surface area contributed by atoms with Crippen molar-refractivity contribution in [1.82, 2.24) is 9.97 Å². The van der Waals surface area contributed by atoms with Gasteiger partial charge in [-0.15, -0.1) is 0 Å². The van der Waals surface area contributed by atoms with Crippen LogP contribution in [0.15, 0.2) is 48.5 Å². The number of hydrogen-bond donors (Lipinski definition) is 2. The van der Waals surface area contributed by atoms with Gasteiger partial charge in [0.25, 0.3) is 0 Å². The van der Waals surface area contributed by atoms with E-state index in [1.807, 2.05) is 19.1 Å². The predicted molar refractivity (Wildman–Crippen MR) is 83.7 cm³/mol. The second-order valence-corrected chi connectivity index (χ2v) is 5.02. The number of halogens is 1. The molecule has 0 saturated carbocycles. The van der Waals surface area contributed by atoms with Gasteiger partial charge in [0, 0.05) is 11.1 Å². The van der Waals surface area contributed by atoms with Crippen molar-refractivity contribution >= 4 is 5.95 Å². The fourth-order valence-electron chi connectivity index (χ4n) is 2.23. The van der Waals surface area contributed by atoms with Gasteiger partial charge < -0.3 is 10.8 Å². The van der Waals surface area contributed by atoms with Crippen molar-refractivity contribution in [2.45, 2.75) is 6.92 Å². The molecular formula is C17H14FN3O. The summed E-state index contributed by atoms with van der Waals surface area (Å²) in [4.78, 5) is 8.36. The number of nitrogens with two attached hydrogens (primary N) is 1. The Labute approximate surface area is 127 Å². The normalized spacial score (nSPS) is 10.6. The van der Waals surface area contributed by atoms with Crippen molar-refractivity contribution in [1.29, 1.82) is 0 Å². The van der Waals surface area contributed by atoms with E-state index in [1.165, 1.54) is 12.1 Å². The zero-order chi connectivity index (χ0) is 15.7. The quantitative estimate of drug-likeness (QED) is 0.758. The van der Waals surface area contributed by atoms with Crippen molar-refractivity contribution in [2.24, 2.45) is 0 Å². The Kier molecular flexibility index (Phi) is 3.47. The summed E-state index contributed by atoms with van der Waals surface area (Å²) in [6.45, 7) is 1.92. The minimum atomic E-state index is -0.317. The molecule has 0 aliphatic carbocycles. The van der Waals surface area contributed by atoms with Crippen molar-refractivity contribution in [3.63, 3.8) is 0 Å². The van der Waals surface area contributed by atoms with Crippen molar-refractivity contribution in [3.8, 4) is 28.3 Å². The van der Waals surface area contributed by atoms with Crippen LogP contribution >= 0.6 is 0 Å². The highest BCUT2D eigenvalue weighted by atomic mass is 19.1. The van der Waals surface area contributed by atoms with E-state index in [9.17, 15) is 9.50 Å². The van der Waals surface area contributed by atoms with E-state index >= 15 is 0 Å². The molecule has 0 atom stereocenters. The van der Waals surface area contributed by atoms with Gasteiger partial charge in [-0.1, -0.05) is 11.6 Å². The average molecular weight is 295 g/mol. The van der Waals surface area contributed by atoms with Gasteiger partial charge in [0.1, 0.15) is 11.6 Å². The second-order valence-electron chi connectivity index (χ2n) is 5.02. The molecule has 1 heterocycles. The number of nitrogens with zero attached hydrogens (tertiary/aromatic N) is 2. The van der Waals surface area contributed by atoms with E-state index in [-0.39, 0.29) is 17.5 Å². The van der Waals surface area contributed by atoms with E-state index in [0.717, 1.165) is 11.1 Å². The maximum absolute atomic E-state index is 13.0. The Balaban J connectivity index is 2.14. The lowest BCUT2D eigenvalue weighted by Gasteiger charge is -2.08. The molecule has 0 unspecified atom stereocenters. The molecule has 0 spiro atoms. The lowest BCUT2D eigenvalue weighted by atomic mass is 10.0. The molecule has 2 aromatic carbocycles. The average Bonchev–Trinajstić information content (AvgIpc) is 2.50. The number of aryl methyl sites for hydroxylation is 1. The highest BCUT2D eigenvalue weighted by Crippen LogP contribution is 2.31. The van der Waals surface area contributed by atoms with Gasteiger partial charge in [0.05, 0.1) is 11.4 Å². The molecule has 1 aromatic heterocycles. The van der Waals surface area contributed by atoms with Gasteiger partial charge in [-0.05, 0) is 49.4 Å². The Hall–Kier alpha value is -2.95. The van der Waals surface area contributed by atoms with Crippen LogP contribution in [0.2, 0.25) is 0 Å². The van der Waals surface area contributed by atoms with E-state index in [2.05, 4.69) is 9.97 Å². The first-order valence-electron chi connectivity index (χ1n) is 6.73. The molecule has 22 heavy (non-hydrogen) atoms. The maximum Gasteiger partial charge on any atom is 0.221 e. The van der Waals surface area contributed by atoms with Crippen LogP contribution in [0.5, 0.6) is 5.75 Å². The third-order valence-corrected chi connectivity index (χ3v) is 3.31. The molecule has 4 nitrogen and oxygen atoms in total. The van der Waals surface area contributed by atoms with Gasteiger partial charge in [-0.2, -0.15) is 0 Å². The first-order valence-corrected chi connectivity index (χ1v) is 6.73. The van der Waals surface area contributed by atoms with Crippen LogP contribution in [0.1, 0.15) is 5.56 Å². The molecule has 0 saturated heterocycles. The van der Waals surface area contributed by atoms with E-state index in [0.29, 0.717) is 17.0 Å². The maximum atomic E-state index is 13.0. The van der Waals surface area contributed by atoms with Crippen LogP contribution in [0.4, 0.5) is 10.3 Å². The largest absolute Gasteiger partial charge is 0.507 e. The number of hydrogen-bond acceptors (Lipinski definition) is 4. The first kappa shape index (κ1) is 14.0. The predicted octanol–water partition coefficient (Wildman–Crippen LogP) is 3.55. The summed E-state index contributed by atoms with van der Waals surface area (Å²) in [5.74, 6) is -0.103. The molecule has 0 fully saturated rings. The molecule has 110 valence electrons. The number of aromatic nitrogens is 2. The third-order valence-electron chi connectivity index (χ3n) is 3.31. The number of benzene rings is 2. The fraction of sp³-hybridized carbons (Fsp3) is 0.0588. The van der Waals surface area contributed by atoms with Crippen molar-refractivity contribution in [3.05, 3.63) is 59.9 Å². The zero-order valence-electron chi connectivity index (χ0n) is 11.9. The molecular weight excluding hydrogens is 281 g/mol. The summed E-state index contributed by atoms with van der Waals surface area (Å²) in [6, 6.07) is 12.9. The van der Waals surface area contributed by atoms with Crippen LogP contribution in [-0.2, 0) is 0 Å². The molecule has 3 aromatic rings. The number of rotatable bonds is 2. The van der Waals surface area contributed by atoms with Crippen molar-refractivity contribution < 1.29 is 9.50 Å². The highest BCUT2D eigenvalue weighted by molar-refractivity contribution is 5.73. The van der Waals surface area contributed by atoms with E-state index in [4.69, 9.17) is 5.73 Å². The summed E-state index contributed by atoms with van der Waals surface area (Å²) in [7, 11) is 0. The smallest absolute Gasteiger partial charge is 0.221 e. The molecule has 0 bridgehead atoms. The summed E-state index contributed by atoms with van der Waals surface area (Å²) >= 11 is 0. The number of nitrogen functional groups attached to an aromatic ring is 1. The summed E-state index contributed by atoms with van der Waals surface area (Å²) in [6.07, 6.45) is 0. The number of phenolic OH excluding ortho intramolecular Hbond substituents is 1. The Morgan fingerprint density at radius 2 is 1.64 bits per heavy atom. The van der Waals surface area contributed by atoms with Crippen LogP contribution in [0.3, 0.4) is 0 Å². The second kappa shape index (κ2) is 5.44. The topological polar surface area (TPSA) is 72.0 Å². The summed E-state index contributed by atoms with van der Waals surface area (Å²) in [5, 5.41) is 10.0. The lowest BCUT2D eigenvalue weighted by molar-refractivity contribution is 0.477. The Morgan fingerprint density at radius 1 is 0.955 bits per heavy atom. The molecule has 0 radical (unpaired) electrons. The highest BCUT2D eigenvalue weighted by Gasteiger charge is 2.10. The third kappa shape index (κ3) is 2.74. The number of anilines is 1. The van der Waals surface area contributed by atoms with Gasteiger partial charge in [0.2, 0.25) is 5.95 Å². The Morgan fingerprint density at radius 3 is 2.36 bits per heavy atom. The molecule has 5 heteroatoms. The monoisotopic (exact) mass is 295 g/mol. The SMILES string of the molecule is Cc1ccc(O)c(-c2cc(-c3ccc(F)cc3)nc(N)n2)c1. The van der Waals surface area contributed by atoms with Crippen molar-refractivity contribution in [2.75, 3.05) is 5.73 Å². The van der Waals surface area contributed by atoms with Crippen LogP contribution < -0.4 is 5.73 Å². The number of aromatic hydroxyl groups is 1. The first-order chi connectivity index (χ1) is 10.5. The fourth-order valence-corrected chi connectivity index (χ4v) is 2.23. The molecule has 0 amide bonds. The molecule has 0 aliphatic rings. The van der Waals surface area contributed by atoms with Gasteiger partial charge >= 0.3 is 0 Å². The van der Waals surface area contributed by atoms with Gasteiger partial charge in [-0.3, -0.25) is 0 Å². The van der Waals surface area contributed by atoms with Crippen LogP contribution in [-0.4, -0.2) is 15.1 Å². The van der Waals surface area contributed by atoms with Gasteiger partial charge in [0.15, 0.2) is 0 Å². The lowest BCUT2D eigenvalue weighted by Crippen LogP contribution is -1.99.